The fourth-order valence-electron chi connectivity index (χ4n) is 3.48. The minimum atomic E-state index is -1.69. The van der Waals surface area contributed by atoms with Crippen molar-refractivity contribution in [2.24, 2.45) is 0 Å². The van der Waals surface area contributed by atoms with Crippen molar-refractivity contribution in [2.45, 2.75) is 134 Å². The van der Waals surface area contributed by atoms with E-state index in [4.69, 9.17) is 5.11 Å². The van der Waals surface area contributed by atoms with E-state index in [0.29, 0.717) is 6.42 Å². The number of aliphatic hydroxyl groups excluding tert-OH is 6. The molecular formula is C22H46O6. The first kappa shape index (κ1) is 27.8. The van der Waals surface area contributed by atoms with Gasteiger partial charge in [0.05, 0.1) is 12.7 Å². The van der Waals surface area contributed by atoms with Crippen molar-refractivity contribution in [2.75, 3.05) is 6.61 Å². The number of rotatable bonds is 20. The minimum Gasteiger partial charge on any atom is -0.394 e. The van der Waals surface area contributed by atoms with Crippen LogP contribution >= 0.6 is 0 Å². The second-order valence-electron chi connectivity index (χ2n) is 8.17. The van der Waals surface area contributed by atoms with Gasteiger partial charge in [0.1, 0.15) is 24.4 Å². The first-order chi connectivity index (χ1) is 13.5. The molecule has 0 saturated carbocycles. The molecule has 0 aliphatic rings. The lowest BCUT2D eigenvalue weighted by Gasteiger charge is -2.28. The molecule has 5 atom stereocenters. The lowest BCUT2D eigenvalue weighted by molar-refractivity contribution is -0.141. The third-order valence-electron chi connectivity index (χ3n) is 5.53. The van der Waals surface area contributed by atoms with Crippen LogP contribution in [0.4, 0.5) is 0 Å². The molecule has 1 unspecified atom stereocenters. The van der Waals surface area contributed by atoms with Crippen LogP contribution in [0, 0.1) is 0 Å². The summed E-state index contributed by atoms with van der Waals surface area (Å²) in [5, 5.41) is 57.1. The highest BCUT2D eigenvalue weighted by Gasteiger charge is 2.33. The lowest BCUT2D eigenvalue weighted by Crippen LogP contribution is -2.49. The molecule has 0 radical (unpaired) electrons. The zero-order valence-corrected chi connectivity index (χ0v) is 17.9. The summed E-state index contributed by atoms with van der Waals surface area (Å²) in [6.45, 7) is 1.52. The van der Waals surface area contributed by atoms with Crippen molar-refractivity contribution < 1.29 is 30.6 Å². The van der Waals surface area contributed by atoms with Gasteiger partial charge in [0.25, 0.3) is 0 Å². The fraction of sp³-hybridized carbons (Fsp3) is 1.00. The molecule has 6 heteroatoms. The van der Waals surface area contributed by atoms with Crippen LogP contribution in [0.15, 0.2) is 0 Å². The summed E-state index contributed by atoms with van der Waals surface area (Å²) in [6, 6.07) is 0. The topological polar surface area (TPSA) is 121 Å². The summed E-state index contributed by atoms with van der Waals surface area (Å²) < 4.78 is 0. The molecule has 0 saturated heterocycles. The van der Waals surface area contributed by atoms with Gasteiger partial charge in [-0.15, -0.1) is 0 Å². The van der Waals surface area contributed by atoms with E-state index < -0.39 is 37.1 Å². The first-order valence-electron chi connectivity index (χ1n) is 11.5. The van der Waals surface area contributed by atoms with E-state index in [2.05, 4.69) is 6.92 Å². The van der Waals surface area contributed by atoms with Crippen LogP contribution < -0.4 is 0 Å². The third kappa shape index (κ3) is 13.9. The predicted molar refractivity (Wildman–Crippen MR) is 112 cm³/mol. The summed E-state index contributed by atoms with van der Waals surface area (Å²) in [7, 11) is 0. The van der Waals surface area contributed by atoms with Gasteiger partial charge in [0, 0.05) is 0 Å². The van der Waals surface area contributed by atoms with Crippen molar-refractivity contribution in [3.8, 4) is 0 Å². The molecule has 6 N–H and O–H groups in total. The van der Waals surface area contributed by atoms with Crippen molar-refractivity contribution in [1.29, 1.82) is 0 Å². The molecule has 0 aliphatic heterocycles. The van der Waals surface area contributed by atoms with Gasteiger partial charge in [0.2, 0.25) is 0 Å². The maximum Gasteiger partial charge on any atom is 0.111 e. The summed E-state index contributed by atoms with van der Waals surface area (Å²) in [4.78, 5) is 0. The molecule has 0 spiro atoms. The Morgan fingerprint density at radius 2 is 0.821 bits per heavy atom. The van der Waals surface area contributed by atoms with Crippen LogP contribution in [0.25, 0.3) is 0 Å². The van der Waals surface area contributed by atoms with Crippen molar-refractivity contribution in [3.05, 3.63) is 0 Å². The van der Waals surface area contributed by atoms with Gasteiger partial charge in [-0.3, -0.25) is 0 Å². The smallest absolute Gasteiger partial charge is 0.111 e. The highest BCUT2D eigenvalue weighted by atomic mass is 16.4. The fourth-order valence-corrected chi connectivity index (χ4v) is 3.48. The van der Waals surface area contributed by atoms with Crippen molar-refractivity contribution >= 4 is 0 Å². The molecule has 0 aromatic heterocycles. The van der Waals surface area contributed by atoms with Crippen LogP contribution in [0.1, 0.15) is 103 Å². The van der Waals surface area contributed by atoms with Crippen LogP contribution in [-0.2, 0) is 0 Å². The quantitative estimate of drug-likeness (QED) is 0.173. The highest BCUT2D eigenvalue weighted by molar-refractivity contribution is 4.84. The van der Waals surface area contributed by atoms with Crippen molar-refractivity contribution in [3.63, 3.8) is 0 Å². The summed E-state index contributed by atoms with van der Waals surface area (Å²) in [5.41, 5.74) is 0. The van der Waals surface area contributed by atoms with Gasteiger partial charge in [-0.2, -0.15) is 0 Å². The van der Waals surface area contributed by atoms with Gasteiger partial charge in [-0.1, -0.05) is 96.8 Å². The normalized spacial score (nSPS) is 17.2. The Balaban J connectivity index is 3.52. The maximum absolute atomic E-state index is 9.92. The van der Waals surface area contributed by atoms with E-state index in [-0.39, 0.29) is 0 Å². The van der Waals surface area contributed by atoms with E-state index >= 15 is 0 Å². The largest absolute Gasteiger partial charge is 0.394 e. The average molecular weight is 407 g/mol. The average Bonchev–Trinajstić information content (AvgIpc) is 2.71. The molecule has 0 fully saturated rings. The lowest BCUT2D eigenvalue weighted by atomic mass is 9.96. The van der Waals surface area contributed by atoms with Crippen LogP contribution in [0.3, 0.4) is 0 Å². The molecule has 0 heterocycles. The monoisotopic (exact) mass is 406 g/mol. The molecule has 0 rings (SSSR count). The maximum atomic E-state index is 9.92. The van der Waals surface area contributed by atoms with Crippen molar-refractivity contribution in [1.82, 2.24) is 0 Å². The zero-order chi connectivity index (χ0) is 21.2. The molecule has 6 nitrogen and oxygen atoms in total. The summed E-state index contributed by atoms with van der Waals surface area (Å²) in [5.74, 6) is 0. The molecular weight excluding hydrogens is 360 g/mol. The van der Waals surface area contributed by atoms with E-state index in [1.54, 1.807) is 0 Å². The van der Waals surface area contributed by atoms with Gasteiger partial charge in [-0.25, -0.2) is 0 Å². The van der Waals surface area contributed by atoms with Gasteiger partial charge >= 0.3 is 0 Å². The molecule has 170 valence electrons. The zero-order valence-electron chi connectivity index (χ0n) is 17.9. The Labute approximate surface area is 171 Å². The van der Waals surface area contributed by atoms with Gasteiger partial charge < -0.3 is 30.6 Å². The van der Waals surface area contributed by atoms with Crippen LogP contribution in [0.2, 0.25) is 0 Å². The van der Waals surface area contributed by atoms with E-state index in [0.717, 1.165) is 19.3 Å². The standard InChI is InChI=1S/C22H46O6/c1-2-3-4-5-6-7-8-9-10-11-12-13-14-15-16-18(24)20(26)22(28)21(27)19(25)17-23/h18-28H,2-17H2,1H3/t18?,19-,20+,21+,22+/m0/s1. The summed E-state index contributed by atoms with van der Waals surface area (Å²) in [6.07, 6.45) is 10.0. The number of hydrogen-bond donors (Lipinski definition) is 6. The first-order valence-corrected chi connectivity index (χ1v) is 11.5. The van der Waals surface area contributed by atoms with E-state index in [1.807, 2.05) is 0 Å². The van der Waals surface area contributed by atoms with Gasteiger partial charge in [-0.05, 0) is 6.42 Å². The van der Waals surface area contributed by atoms with E-state index in [9.17, 15) is 25.5 Å². The number of aliphatic hydroxyl groups is 6. The SMILES string of the molecule is CCCCCCCCCCCCCCCCC(O)[C@@H](O)[C@@H](O)[C@H](O)[C@@H](O)CO. The van der Waals surface area contributed by atoms with Crippen LogP contribution in [0.5, 0.6) is 0 Å². The third-order valence-corrected chi connectivity index (χ3v) is 5.53. The molecule has 0 amide bonds. The Kier molecular flexibility index (Phi) is 18.6. The molecule has 28 heavy (non-hydrogen) atoms. The molecule has 0 aliphatic carbocycles. The Morgan fingerprint density at radius 3 is 1.21 bits per heavy atom. The highest BCUT2D eigenvalue weighted by Crippen LogP contribution is 2.16. The minimum absolute atomic E-state index is 0.332. The van der Waals surface area contributed by atoms with E-state index in [1.165, 1.54) is 70.6 Å². The second-order valence-corrected chi connectivity index (χ2v) is 8.17. The predicted octanol–water partition coefficient (Wildman–Crippen LogP) is 2.65. The Hall–Kier alpha value is -0.240. The molecule has 0 bridgehead atoms. The summed E-state index contributed by atoms with van der Waals surface area (Å²) >= 11 is 0. The van der Waals surface area contributed by atoms with Crippen LogP contribution in [-0.4, -0.2) is 67.8 Å². The molecule has 0 aromatic carbocycles. The Bertz CT molecular complexity index is 328. The number of hydrogen-bond acceptors (Lipinski definition) is 6. The Morgan fingerprint density at radius 1 is 0.464 bits per heavy atom. The number of unbranched alkanes of at least 4 members (excludes halogenated alkanes) is 13. The van der Waals surface area contributed by atoms with Gasteiger partial charge in [0.15, 0.2) is 0 Å². The molecule has 0 aromatic rings. The second kappa shape index (κ2) is 18.8.